The van der Waals surface area contributed by atoms with Gasteiger partial charge in [-0.25, -0.2) is 0 Å². The summed E-state index contributed by atoms with van der Waals surface area (Å²) >= 11 is 3.56. The van der Waals surface area contributed by atoms with Gasteiger partial charge in [-0.3, -0.25) is 9.59 Å². The predicted molar refractivity (Wildman–Crippen MR) is 113 cm³/mol. The van der Waals surface area contributed by atoms with Crippen molar-refractivity contribution >= 4 is 27.6 Å². The zero-order chi connectivity index (χ0) is 20.5. The van der Waals surface area contributed by atoms with E-state index >= 15 is 0 Å². The number of dihydropyridines is 1. The number of allylic oxidation sites excluding steroid dienone is 3. The zero-order valence-corrected chi connectivity index (χ0v) is 18.3. The first-order valence-electron chi connectivity index (χ1n) is 9.95. The topological polar surface area (TPSA) is 67.9 Å². The third-order valence-electron chi connectivity index (χ3n) is 5.81. The number of hydrogen-bond donors (Lipinski definition) is 1. The van der Waals surface area contributed by atoms with E-state index in [0.717, 1.165) is 39.8 Å². The van der Waals surface area contributed by atoms with Gasteiger partial charge in [0.1, 0.15) is 5.75 Å². The van der Waals surface area contributed by atoms with Crippen LogP contribution in [-0.4, -0.2) is 50.0 Å². The number of amides is 1. The molecule has 1 unspecified atom stereocenters. The second kappa shape index (κ2) is 8.32. The summed E-state index contributed by atoms with van der Waals surface area (Å²) in [5.41, 5.74) is 4.08. The molecule has 0 bridgehead atoms. The zero-order valence-electron chi connectivity index (χ0n) is 16.7. The van der Waals surface area contributed by atoms with E-state index in [1.165, 1.54) is 0 Å². The largest absolute Gasteiger partial charge is 0.496 e. The highest BCUT2D eigenvalue weighted by molar-refractivity contribution is 9.10. The Hall–Kier alpha value is -2.12. The molecule has 3 aliphatic rings. The predicted octanol–water partition coefficient (Wildman–Crippen LogP) is 3.28. The van der Waals surface area contributed by atoms with Crippen LogP contribution in [-0.2, 0) is 14.3 Å². The van der Waals surface area contributed by atoms with Crippen LogP contribution in [0, 0.1) is 0 Å². The summed E-state index contributed by atoms with van der Waals surface area (Å²) in [6, 6.07) is 5.79. The number of carbonyl (C=O) groups is 2. The van der Waals surface area contributed by atoms with Crippen LogP contribution >= 0.6 is 15.9 Å². The molecule has 1 aliphatic carbocycles. The van der Waals surface area contributed by atoms with E-state index < -0.39 is 0 Å². The molecule has 154 valence electrons. The van der Waals surface area contributed by atoms with Gasteiger partial charge in [0.05, 0.1) is 24.8 Å². The molecule has 1 saturated heterocycles. The minimum atomic E-state index is -0.378. The minimum Gasteiger partial charge on any atom is -0.496 e. The van der Waals surface area contributed by atoms with Crippen molar-refractivity contribution in [3.63, 3.8) is 0 Å². The molecule has 1 N–H and O–H groups in total. The number of hydrogen-bond acceptors (Lipinski definition) is 5. The summed E-state index contributed by atoms with van der Waals surface area (Å²) < 4.78 is 11.6. The van der Waals surface area contributed by atoms with Crippen molar-refractivity contribution in [2.75, 3.05) is 33.4 Å². The van der Waals surface area contributed by atoms with Crippen LogP contribution in [0.4, 0.5) is 0 Å². The number of morpholine rings is 1. The first-order chi connectivity index (χ1) is 14.0. The molecular weight excluding hydrogens is 436 g/mol. The van der Waals surface area contributed by atoms with Gasteiger partial charge in [0, 0.05) is 48.0 Å². The second-order valence-electron chi connectivity index (χ2n) is 7.56. The Labute approximate surface area is 179 Å². The lowest BCUT2D eigenvalue weighted by molar-refractivity contribution is -0.131. The number of ether oxygens (including phenoxy) is 2. The molecule has 6 nitrogen and oxygen atoms in total. The first kappa shape index (κ1) is 20.2. The first-order valence-corrected chi connectivity index (χ1v) is 10.7. The van der Waals surface area contributed by atoms with Crippen molar-refractivity contribution < 1.29 is 19.1 Å². The van der Waals surface area contributed by atoms with Crippen molar-refractivity contribution in [3.05, 3.63) is 50.8 Å². The van der Waals surface area contributed by atoms with Gasteiger partial charge in [-0.05, 0) is 53.4 Å². The Morgan fingerprint density at radius 3 is 2.72 bits per heavy atom. The lowest BCUT2D eigenvalue weighted by atomic mass is 9.75. The SMILES string of the molecule is COc1ccc(C2C(C(=O)N3CCOCC3)=C(C)NC3=C2C(=O)CCC3)cc1Br. The van der Waals surface area contributed by atoms with Gasteiger partial charge in [0.2, 0.25) is 0 Å². The number of ketones is 1. The molecule has 0 radical (unpaired) electrons. The van der Waals surface area contributed by atoms with Gasteiger partial charge in [0.25, 0.3) is 5.91 Å². The molecule has 2 aliphatic heterocycles. The summed E-state index contributed by atoms with van der Waals surface area (Å²) in [5.74, 6) is 0.431. The highest BCUT2D eigenvalue weighted by Gasteiger charge is 2.40. The Morgan fingerprint density at radius 1 is 1.28 bits per heavy atom. The molecule has 1 aromatic carbocycles. The fraction of sp³-hybridized carbons (Fsp3) is 0.455. The third-order valence-corrected chi connectivity index (χ3v) is 6.43. The highest BCUT2D eigenvalue weighted by Crippen LogP contribution is 2.44. The van der Waals surface area contributed by atoms with E-state index in [-0.39, 0.29) is 17.6 Å². The molecule has 29 heavy (non-hydrogen) atoms. The second-order valence-corrected chi connectivity index (χ2v) is 8.42. The third kappa shape index (κ3) is 3.73. The number of halogens is 1. The van der Waals surface area contributed by atoms with Gasteiger partial charge < -0.3 is 19.7 Å². The van der Waals surface area contributed by atoms with Crippen molar-refractivity contribution in [2.45, 2.75) is 32.1 Å². The normalized spacial score (nSPS) is 22.4. The summed E-state index contributed by atoms with van der Waals surface area (Å²) in [5, 5.41) is 3.38. The summed E-state index contributed by atoms with van der Waals surface area (Å²) in [7, 11) is 1.62. The molecule has 1 fully saturated rings. The number of methoxy groups -OCH3 is 1. The van der Waals surface area contributed by atoms with Crippen LogP contribution in [0.5, 0.6) is 5.75 Å². The Balaban J connectivity index is 1.82. The smallest absolute Gasteiger partial charge is 0.252 e. The van der Waals surface area contributed by atoms with Crippen LogP contribution < -0.4 is 10.1 Å². The Morgan fingerprint density at radius 2 is 2.03 bits per heavy atom. The van der Waals surface area contributed by atoms with E-state index in [4.69, 9.17) is 9.47 Å². The van der Waals surface area contributed by atoms with Crippen LogP contribution in [0.2, 0.25) is 0 Å². The number of carbonyl (C=O) groups excluding carboxylic acids is 2. The standard InChI is InChI=1S/C22H25BrN2O4/c1-13-19(22(27)25-8-10-29-11-9-25)20(14-6-7-18(28-2)15(23)12-14)21-16(24-13)4-3-5-17(21)26/h6-7,12,20,24H,3-5,8-11H2,1-2H3. The maximum Gasteiger partial charge on any atom is 0.252 e. The van der Waals surface area contributed by atoms with Gasteiger partial charge in [-0.15, -0.1) is 0 Å². The lowest BCUT2D eigenvalue weighted by Gasteiger charge is -2.37. The van der Waals surface area contributed by atoms with Gasteiger partial charge in [0.15, 0.2) is 5.78 Å². The van der Waals surface area contributed by atoms with E-state index in [1.54, 1.807) is 7.11 Å². The Kier molecular flexibility index (Phi) is 5.79. The number of nitrogens with one attached hydrogen (secondary N) is 1. The average Bonchev–Trinajstić information content (AvgIpc) is 2.73. The van der Waals surface area contributed by atoms with Crippen LogP contribution in [0.3, 0.4) is 0 Å². The molecule has 1 amide bonds. The fourth-order valence-corrected chi connectivity index (χ4v) is 4.96. The van der Waals surface area contributed by atoms with Gasteiger partial charge in [-0.2, -0.15) is 0 Å². The lowest BCUT2D eigenvalue weighted by Crippen LogP contribution is -2.44. The summed E-state index contributed by atoms with van der Waals surface area (Å²) in [4.78, 5) is 28.3. The highest BCUT2D eigenvalue weighted by atomic mass is 79.9. The molecule has 4 rings (SSSR count). The van der Waals surface area contributed by atoms with Crippen molar-refractivity contribution in [2.24, 2.45) is 0 Å². The number of rotatable bonds is 3. The molecular formula is C22H25BrN2O4. The maximum absolute atomic E-state index is 13.5. The van der Waals surface area contributed by atoms with Gasteiger partial charge in [-0.1, -0.05) is 6.07 Å². The summed E-state index contributed by atoms with van der Waals surface area (Å²) in [6.07, 6.45) is 2.18. The fourth-order valence-electron chi connectivity index (χ4n) is 4.40. The molecule has 2 heterocycles. The van der Waals surface area contributed by atoms with E-state index in [0.29, 0.717) is 44.0 Å². The van der Waals surface area contributed by atoms with Gasteiger partial charge >= 0.3 is 0 Å². The Bertz CT molecular complexity index is 915. The molecule has 0 saturated carbocycles. The van der Waals surface area contributed by atoms with Crippen molar-refractivity contribution in [1.29, 1.82) is 0 Å². The maximum atomic E-state index is 13.5. The van der Waals surface area contributed by atoms with Crippen molar-refractivity contribution in [3.8, 4) is 5.75 Å². The molecule has 1 atom stereocenters. The summed E-state index contributed by atoms with van der Waals surface area (Å²) in [6.45, 7) is 4.14. The quantitative estimate of drug-likeness (QED) is 0.749. The monoisotopic (exact) mass is 460 g/mol. The van der Waals surface area contributed by atoms with E-state index in [2.05, 4.69) is 21.2 Å². The minimum absolute atomic E-state index is 0.0276. The number of benzene rings is 1. The van der Waals surface area contributed by atoms with Crippen LogP contribution in [0.1, 0.15) is 37.7 Å². The van der Waals surface area contributed by atoms with Crippen molar-refractivity contribution in [1.82, 2.24) is 10.2 Å². The molecule has 1 aromatic rings. The number of Topliss-reactive ketones (excluding diaryl/α,β-unsaturated/α-hetero) is 1. The molecule has 7 heteroatoms. The molecule has 0 spiro atoms. The van der Waals surface area contributed by atoms with E-state index in [9.17, 15) is 9.59 Å². The van der Waals surface area contributed by atoms with Crippen LogP contribution in [0.15, 0.2) is 45.2 Å². The number of nitrogens with zero attached hydrogens (tertiary/aromatic N) is 1. The molecule has 0 aromatic heterocycles. The van der Waals surface area contributed by atoms with Crippen LogP contribution in [0.25, 0.3) is 0 Å². The average molecular weight is 461 g/mol. The van der Waals surface area contributed by atoms with E-state index in [1.807, 2.05) is 30.0 Å².